The van der Waals surface area contributed by atoms with Crippen LogP contribution in [0.1, 0.15) is 36.5 Å². The van der Waals surface area contributed by atoms with Gasteiger partial charge in [-0.05, 0) is 70.3 Å². The van der Waals surface area contributed by atoms with E-state index < -0.39 is 53.7 Å². The molecule has 3 aromatic carbocycles. The van der Waals surface area contributed by atoms with E-state index in [9.17, 15) is 24.0 Å². The first-order valence-corrected chi connectivity index (χ1v) is 17.8. The van der Waals surface area contributed by atoms with Gasteiger partial charge in [-0.3, -0.25) is 29.0 Å². The van der Waals surface area contributed by atoms with Crippen LogP contribution >= 0.6 is 22.6 Å². The predicted molar refractivity (Wildman–Crippen MR) is 208 cm³/mol. The van der Waals surface area contributed by atoms with Crippen molar-refractivity contribution in [3.63, 3.8) is 0 Å². The van der Waals surface area contributed by atoms with Crippen LogP contribution in [0, 0.1) is 3.57 Å². The Hall–Kier alpha value is -5.45. The summed E-state index contributed by atoms with van der Waals surface area (Å²) in [6, 6.07) is 19.7. The fourth-order valence-corrected chi connectivity index (χ4v) is 6.06. The normalized spacial score (nSPS) is 13.2. The van der Waals surface area contributed by atoms with E-state index in [2.05, 4.69) is 53.8 Å². The number of carbonyl (C=O) groups is 5. The van der Waals surface area contributed by atoms with Gasteiger partial charge in [-0.25, -0.2) is 0 Å². The number of para-hydroxylation sites is 1. The number of benzene rings is 3. The van der Waals surface area contributed by atoms with E-state index in [4.69, 9.17) is 17.2 Å². The molecule has 52 heavy (non-hydrogen) atoms. The Morgan fingerprint density at radius 3 is 1.88 bits per heavy atom. The van der Waals surface area contributed by atoms with Crippen LogP contribution in [0.3, 0.4) is 0 Å². The van der Waals surface area contributed by atoms with Crippen LogP contribution in [-0.4, -0.2) is 71.2 Å². The number of nitrogens with zero attached hydrogens (tertiary/aromatic N) is 1. The number of aromatic amines is 1. The van der Waals surface area contributed by atoms with Gasteiger partial charge in [0, 0.05) is 53.4 Å². The molecule has 15 heteroatoms. The number of nitrogens with one attached hydrogen (secondary N) is 5. The van der Waals surface area contributed by atoms with Crippen molar-refractivity contribution in [2.24, 2.45) is 22.2 Å². The van der Waals surface area contributed by atoms with E-state index in [0.29, 0.717) is 6.42 Å². The minimum Gasteiger partial charge on any atom is -0.370 e. The number of aromatic nitrogens is 1. The SMILES string of the molecule is CC(=O)N[C@H](Cc1ccc(I)cc1)C(=O)N[C@H](Cc1ccccc1)C(=O)N[C@@H](CCCN=C(N)N)C(=O)N[C@@H](Cc1c[nH]c2ccccc12)C(N)=O. The number of aliphatic imine (C=N–C) groups is 1. The number of H-pyrrole nitrogens is 1. The van der Waals surface area contributed by atoms with Crippen molar-refractivity contribution >= 4 is 69.0 Å². The Kier molecular flexibility index (Phi) is 14.6. The maximum Gasteiger partial charge on any atom is 0.243 e. The summed E-state index contributed by atoms with van der Waals surface area (Å²) in [5.41, 5.74) is 19.9. The summed E-state index contributed by atoms with van der Waals surface area (Å²) < 4.78 is 1.01. The zero-order chi connectivity index (χ0) is 37.6. The van der Waals surface area contributed by atoms with Crippen LogP contribution in [0.2, 0.25) is 0 Å². The van der Waals surface area contributed by atoms with Crippen molar-refractivity contribution in [1.82, 2.24) is 26.3 Å². The van der Waals surface area contributed by atoms with Crippen LogP contribution < -0.4 is 38.5 Å². The fourth-order valence-electron chi connectivity index (χ4n) is 5.70. The molecule has 0 fully saturated rings. The van der Waals surface area contributed by atoms with Crippen LogP contribution in [0.5, 0.6) is 0 Å². The number of halogens is 1. The molecule has 4 rings (SSSR count). The molecular formula is C37H44IN9O5. The minimum absolute atomic E-state index is 0.0849. The van der Waals surface area contributed by atoms with Crippen LogP contribution in [0.4, 0.5) is 0 Å². The summed E-state index contributed by atoms with van der Waals surface area (Å²) in [4.78, 5) is 73.4. The van der Waals surface area contributed by atoms with Gasteiger partial charge in [0.2, 0.25) is 29.5 Å². The van der Waals surface area contributed by atoms with Gasteiger partial charge in [0.25, 0.3) is 0 Å². The quantitative estimate of drug-likeness (QED) is 0.0317. The lowest BCUT2D eigenvalue weighted by atomic mass is 10.0. The first kappa shape index (κ1) is 39.3. The third kappa shape index (κ3) is 12.1. The van der Waals surface area contributed by atoms with Gasteiger partial charge >= 0.3 is 0 Å². The van der Waals surface area contributed by atoms with E-state index in [-0.39, 0.29) is 38.2 Å². The zero-order valence-corrected chi connectivity index (χ0v) is 30.9. The number of fused-ring (bicyclic) bond motifs is 1. The number of hydrogen-bond acceptors (Lipinski definition) is 6. The third-order valence-electron chi connectivity index (χ3n) is 8.30. The zero-order valence-electron chi connectivity index (χ0n) is 28.7. The van der Waals surface area contributed by atoms with Crippen LogP contribution in [0.25, 0.3) is 10.9 Å². The Balaban J connectivity index is 1.56. The topological polar surface area (TPSA) is 240 Å². The van der Waals surface area contributed by atoms with Crippen molar-refractivity contribution in [3.8, 4) is 0 Å². The van der Waals surface area contributed by atoms with Crippen LogP contribution in [-0.2, 0) is 43.2 Å². The Bertz CT molecular complexity index is 1880. The average molecular weight is 822 g/mol. The summed E-state index contributed by atoms with van der Waals surface area (Å²) in [5, 5.41) is 11.9. The highest BCUT2D eigenvalue weighted by Gasteiger charge is 2.31. The van der Waals surface area contributed by atoms with Crippen molar-refractivity contribution in [2.75, 3.05) is 6.54 Å². The fraction of sp³-hybridized carbons (Fsp3) is 0.297. The summed E-state index contributed by atoms with van der Waals surface area (Å²) in [7, 11) is 0. The number of guanidine groups is 1. The van der Waals surface area contributed by atoms with Crippen LogP contribution in [0.15, 0.2) is 90.1 Å². The first-order chi connectivity index (χ1) is 24.9. The molecule has 14 nitrogen and oxygen atoms in total. The highest BCUT2D eigenvalue weighted by atomic mass is 127. The second kappa shape index (κ2) is 19.2. The second-order valence-electron chi connectivity index (χ2n) is 12.4. The van der Waals surface area contributed by atoms with Gasteiger partial charge in [0.15, 0.2) is 5.96 Å². The van der Waals surface area contributed by atoms with E-state index in [0.717, 1.165) is 31.2 Å². The van der Waals surface area contributed by atoms with E-state index in [1.807, 2.05) is 66.7 Å². The predicted octanol–water partition coefficient (Wildman–Crippen LogP) is 1.30. The molecule has 1 aromatic heterocycles. The van der Waals surface area contributed by atoms with Crippen molar-refractivity contribution in [3.05, 3.63) is 105 Å². The van der Waals surface area contributed by atoms with Gasteiger partial charge < -0.3 is 43.5 Å². The molecule has 0 spiro atoms. The summed E-state index contributed by atoms with van der Waals surface area (Å²) in [6.45, 7) is 1.49. The summed E-state index contributed by atoms with van der Waals surface area (Å²) in [5.74, 6) is -3.17. The Morgan fingerprint density at radius 1 is 0.692 bits per heavy atom. The number of amides is 5. The lowest BCUT2D eigenvalue weighted by molar-refractivity contribution is -0.134. The van der Waals surface area contributed by atoms with Crippen molar-refractivity contribution in [1.29, 1.82) is 0 Å². The standard InChI is InChI=1S/C37H44IN9O5/c1-22(48)44-31(19-24-13-15-26(38)16-14-24)35(51)47-32(18-23-8-3-2-4-9-23)36(52)45-29(12-7-17-42-37(40)41)34(50)46-30(33(39)49)20-25-21-43-28-11-6-5-10-27(25)28/h2-6,8-11,13-16,21,29-32,43H,7,12,17-20H2,1H3,(H2,39,49)(H,44,48)(H,45,52)(H,46,50)(H,47,51)(H4,40,41,42)/t29-,30-,31+,32+/m0/s1. The maximum absolute atomic E-state index is 14.0. The number of carbonyl (C=O) groups excluding carboxylic acids is 5. The summed E-state index contributed by atoms with van der Waals surface area (Å²) >= 11 is 2.18. The lowest BCUT2D eigenvalue weighted by Crippen LogP contribution is -2.59. The molecule has 0 aliphatic heterocycles. The van der Waals surface area contributed by atoms with Gasteiger partial charge in [0.05, 0.1) is 0 Å². The Morgan fingerprint density at radius 2 is 1.25 bits per heavy atom. The molecule has 0 bridgehead atoms. The molecule has 0 saturated carbocycles. The van der Waals surface area contributed by atoms with E-state index in [1.54, 1.807) is 18.3 Å². The monoisotopic (exact) mass is 821 g/mol. The molecule has 0 saturated heterocycles. The van der Waals surface area contributed by atoms with E-state index >= 15 is 0 Å². The average Bonchev–Trinajstić information content (AvgIpc) is 3.52. The van der Waals surface area contributed by atoms with Crippen molar-refractivity contribution in [2.45, 2.75) is 63.2 Å². The second-order valence-corrected chi connectivity index (χ2v) is 13.6. The molecule has 1 heterocycles. The lowest BCUT2D eigenvalue weighted by Gasteiger charge is -2.26. The molecule has 0 unspecified atom stereocenters. The Labute approximate surface area is 315 Å². The van der Waals surface area contributed by atoms with Crippen molar-refractivity contribution < 1.29 is 24.0 Å². The van der Waals surface area contributed by atoms with Gasteiger partial charge in [0.1, 0.15) is 24.2 Å². The highest BCUT2D eigenvalue weighted by molar-refractivity contribution is 14.1. The molecule has 11 N–H and O–H groups in total. The molecule has 4 aromatic rings. The molecule has 4 atom stereocenters. The molecule has 0 radical (unpaired) electrons. The third-order valence-corrected chi connectivity index (χ3v) is 9.02. The number of rotatable bonds is 18. The maximum atomic E-state index is 14.0. The number of nitrogens with two attached hydrogens (primary N) is 3. The molecular weight excluding hydrogens is 777 g/mol. The minimum atomic E-state index is -1.15. The van der Waals surface area contributed by atoms with E-state index in [1.165, 1.54) is 6.92 Å². The number of hydrogen-bond donors (Lipinski definition) is 8. The molecule has 274 valence electrons. The van der Waals surface area contributed by atoms with Gasteiger partial charge in [-0.2, -0.15) is 0 Å². The van der Waals surface area contributed by atoms with Gasteiger partial charge in [-0.1, -0.05) is 60.7 Å². The molecule has 0 aliphatic carbocycles. The number of primary amides is 1. The molecule has 5 amide bonds. The summed E-state index contributed by atoms with van der Waals surface area (Å²) in [6.07, 6.45) is 2.53. The smallest absolute Gasteiger partial charge is 0.243 e. The first-order valence-electron chi connectivity index (χ1n) is 16.8. The highest BCUT2D eigenvalue weighted by Crippen LogP contribution is 2.19. The largest absolute Gasteiger partial charge is 0.370 e. The van der Waals surface area contributed by atoms with Gasteiger partial charge in [-0.15, -0.1) is 0 Å². The molecule has 0 aliphatic rings.